The molecule has 0 saturated carbocycles. The van der Waals surface area contributed by atoms with E-state index in [-0.39, 0.29) is 5.91 Å². The van der Waals surface area contributed by atoms with Crippen molar-refractivity contribution >= 4 is 34.6 Å². The lowest BCUT2D eigenvalue weighted by atomic mass is 10.0. The Labute approximate surface area is 173 Å². The number of halogens is 1. The van der Waals surface area contributed by atoms with Crippen molar-refractivity contribution in [3.8, 4) is 11.3 Å². The summed E-state index contributed by atoms with van der Waals surface area (Å²) in [4.78, 5) is 17.6. The Balaban J connectivity index is 1.69. The quantitative estimate of drug-likeness (QED) is 0.357. The second kappa shape index (κ2) is 8.25. The van der Waals surface area contributed by atoms with Crippen molar-refractivity contribution in [1.29, 1.82) is 0 Å². The Morgan fingerprint density at radius 3 is 2.52 bits per heavy atom. The summed E-state index contributed by atoms with van der Waals surface area (Å²) in [7, 11) is 0. The van der Waals surface area contributed by atoms with Crippen LogP contribution in [0.2, 0.25) is 5.02 Å². The van der Waals surface area contributed by atoms with Gasteiger partial charge in [0, 0.05) is 16.0 Å². The monoisotopic (exact) mass is 399 g/mol. The van der Waals surface area contributed by atoms with Crippen molar-refractivity contribution in [3.63, 3.8) is 0 Å². The third-order valence-electron chi connectivity index (χ3n) is 4.57. The van der Waals surface area contributed by atoms with Gasteiger partial charge < -0.3 is 0 Å². The first-order valence-corrected chi connectivity index (χ1v) is 9.54. The van der Waals surface area contributed by atoms with Crippen LogP contribution in [0.25, 0.3) is 22.2 Å². The topological polar surface area (TPSA) is 54.4 Å². The zero-order valence-corrected chi connectivity index (χ0v) is 16.5. The summed E-state index contributed by atoms with van der Waals surface area (Å²) in [6.45, 7) is 2.02. The third-order valence-corrected chi connectivity index (χ3v) is 4.90. The molecular formula is C24H18ClN3O. The summed E-state index contributed by atoms with van der Waals surface area (Å²) in [5.41, 5.74) is 7.32. The number of hydrogen-bond donors (Lipinski definition) is 1. The first-order chi connectivity index (χ1) is 14.1. The van der Waals surface area contributed by atoms with E-state index >= 15 is 0 Å². The highest BCUT2D eigenvalue weighted by atomic mass is 35.5. The third kappa shape index (κ3) is 4.18. The predicted octanol–water partition coefficient (Wildman–Crippen LogP) is 5.63. The van der Waals surface area contributed by atoms with E-state index in [4.69, 9.17) is 11.6 Å². The minimum Gasteiger partial charge on any atom is -0.267 e. The van der Waals surface area contributed by atoms with Crippen molar-refractivity contribution in [2.45, 2.75) is 6.92 Å². The van der Waals surface area contributed by atoms with Gasteiger partial charge in [0.25, 0.3) is 5.91 Å². The van der Waals surface area contributed by atoms with Gasteiger partial charge in [-0.1, -0.05) is 77.8 Å². The molecule has 4 aromatic rings. The van der Waals surface area contributed by atoms with Gasteiger partial charge in [0.2, 0.25) is 0 Å². The SMILES string of the molecule is Cc1ccc(C=NNC(=O)c2cc(-c3ccccc3Cl)nc3ccccc23)cc1. The zero-order chi connectivity index (χ0) is 20.2. The van der Waals surface area contributed by atoms with Crippen molar-refractivity contribution in [3.05, 3.63) is 101 Å². The minimum absolute atomic E-state index is 0.305. The molecule has 0 atom stereocenters. The largest absolute Gasteiger partial charge is 0.272 e. The summed E-state index contributed by atoms with van der Waals surface area (Å²) in [5.74, 6) is -0.305. The van der Waals surface area contributed by atoms with Crippen LogP contribution in [-0.4, -0.2) is 17.1 Å². The lowest BCUT2D eigenvalue weighted by Gasteiger charge is -2.10. The van der Waals surface area contributed by atoms with Crippen LogP contribution in [0.5, 0.6) is 0 Å². The first-order valence-electron chi connectivity index (χ1n) is 9.16. The fourth-order valence-electron chi connectivity index (χ4n) is 3.05. The summed E-state index contributed by atoms with van der Waals surface area (Å²) < 4.78 is 0. The molecule has 142 valence electrons. The molecular weight excluding hydrogens is 382 g/mol. The van der Waals surface area contributed by atoms with Gasteiger partial charge in [-0.2, -0.15) is 5.10 Å². The minimum atomic E-state index is -0.305. The lowest BCUT2D eigenvalue weighted by molar-refractivity contribution is 0.0956. The molecule has 1 aromatic heterocycles. The maximum Gasteiger partial charge on any atom is 0.272 e. The molecule has 5 heteroatoms. The van der Waals surface area contributed by atoms with Crippen LogP contribution in [0.15, 0.2) is 84.0 Å². The van der Waals surface area contributed by atoms with Crippen LogP contribution in [0.1, 0.15) is 21.5 Å². The molecule has 1 N–H and O–H groups in total. The molecule has 0 saturated heterocycles. The van der Waals surface area contributed by atoms with Crippen molar-refractivity contribution < 1.29 is 4.79 Å². The van der Waals surface area contributed by atoms with E-state index in [2.05, 4.69) is 15.5 Å². The van der Waals surface area contributed by atoms with Gasteiger partial charge in [-0.3, -0.25) is 4.79 Å². The van der Waals surface area contributed by atoms with E-state index in [9.17, 15) is 4.79 Å². The first kappa shape index (κ1) is 18.8. The Morgan fingerprint density at radius 2 is 1.72 bits per heavy atom. The molecule has 4 rings (SSSR count). The molecule has 29 heavy (non-hydrogen) atoms. The normalized spacial score (nSPS) is 11.1. The van der Waals surface area contributed by atoms with Gasteiger partial charge in [0.05, 0.1) is 23.0 Å². The van der Waals surface area contributed by atoms with Crippen molar-refractivity contribution in [2.75, 3.05) is 0 Å². The molecule has 0 aliphatic rings. The van der Waals surface area contributed by atoms with E-state index in [1.54, 1.807) is 18.3 Å². The highest BCUT2D eigenvalue weighted by Crippen LogP contribution is 2.29. The lowest BCUT2D eigenvalue weighted by Crippen LogP contribution is -2.18. The average Bonchev–Trinajstić information content (AvgIpc) is 2.74. The fraction of sp³-hybridized carbons (Fsp3) is 0.0417. The van der Waals surface area contributed by atoms with Gasteiger partial charge in [-0.05, 0) is 30.7 Å². The predicted molar refractivity (Wildman–Crippen MR) is 118 cm³/mol. The van der Waals surface area contributed by atoms with Crippen LogP contribution in [0.4, 0.5) is 0 Å². The van der Waals surface area contributed by atoms with Crippen LogP contribution < -0.4 is 5.43 Å². The zero-order valence-electron chi connectivity index (χ0n) is 15.8. The number of aromatic nitrogens is 1. The fourth-order valence-corrected chi connectivity index (χ4v) is 3.28. The summed E-state index contributed by atoms with van der Waals surface area (Å²) in [6.07, 6.45) is 1.62. The summed E-state index contributed by atoms with van der Waals surface area (Å²) in [5, 5.41) is 5.44. The molecule has 0 aliphatic carbocycles. The molecule has 1 amide bonds. The number of nitrogens with one attached hydrogen (secondary N) is 1. The van der Waals surface area contributed by atoms with Crippen LogP contribution in [0.3, 0.4) is 0 Å². The summed E-state index contributed by atoms with van der Waals surface area (Å²) in [6, 6.07) is 24.6. The Morgan fingerprint density at radius 1 is 1.00 bits per heavy atom. The number of amides is 1. The van der Waals surface area contributed by atoms with Crippen LogP contribution in [0, 0.1) is 6.92 Å². The van der Waals surface area contributed by atoms with E-state index in [1.807, 2.05) is 73.7 Å². The number of hydrazone groups is 1. The number of benzene rings is 3. The van der Waals surface area contributed by atoms with Gasteiger partial charge in [-0.25, -0.2) is 10.4 Å². The molecule has 0 unspecified atom stereocenters. The molecule has 0 fully saturated rings. The van der Waals surface area contributed by atoms with Crippen LogP contribution >= 0.6 is 11.6 Å². The highest BCUT2D eigenvalue weighted by Gasteiger charge is 2.14. The molecule has 0 aliphatic heterocycles. The van der Waals surface area contributed by atoms with Gasteiger partial charge >= 0.3 is 0 Å². The Bertz CT molecular complexity index is 1220. The smallest absolute Gasteiger partial charge is 0.267 e. The van der Waals surface area contributed by atoms with E-state index in [1.165, 1.54) is 5.56 Å². The molecule has 1 heterocycles. The molecule has 0 spiro atoms. The second-order valence-corrected chi connectivity index (χ2v) is 7.07. The number of fused-ring (bicyclic) bond motifs is 1. The number of para-hydroxylation sites is 1. The molecule has 4 nitrogen and oxygen atoms in total. The number of hydrogen-bond acceptors (Lipinski definition) is 3. The molecule has 0 radical (unpaired) electrons. The van der Waals surface area contributed by atoms with Gasteiger partial charge in [0.15, 0.2) is 0 Å². The van der Waals surface area contributed by atoms with Gasteiger partial charge in [-0.15, -0.1) is 0 Å². The van der Waals surface area contributed by atoms with E-state index < -0.39 is 0 Å². The molecule has 3 aromatic carbocycles. The van der Waals surface area contributed by atoms with E-state index in [0.29, 0.717) is 16.3 Å². The number of pyridine rings is 1. The maximum atomic E-state index is 12.9. The maximum absolute atomic E-state index is 12.9. The number of rotatable bonds is 4. The number of carbonyl (C=O) groups is 1. The summed E-state index contributed by atoms with van der Waals surface area (Å²) >= 11 is 6.34. The van der Waals surface area contributed by atoms with Crippen LogP contribution in [-0.2, 0) is 0 Å². The Kier molecular flexibility index (Phi) is 5.36. The standard InChI is InChI=1S/C24H18ClN3O/c1-16-10-12-17(13-11-16)15-26-28-24(29)20-14-23(19-7-2-4-8-21(19)25)27-22-9-5-3-6-18(20)22/h2-15H,1H3,(H,28,29). The van der Waals surface area contributed by atoms with Crippen molar-refractivity contribution in [1.82, 2.24) is 10.4 Å². The molecule has 0 bridgehead atoms. The number of nitrogens with zero attached hydrogens (tertiary/aromatic N) is 2. The second-order valence-electron chi connectivity index (χ2n) is 6.66. The number of carbonyl (C=O) groups excluding carboxylic acids is 1. The highest BCUT2D eigenvalue weighted by molar-refractivity contribution is 6.33. The van der Waals surface area contributed by atoms with E-state index in [0.717, 1.165) is 22.0 Å². The Hall–Kier alpha value is -3.50. The van der Waals surface area contributed by atoms with Crippen molar-refractivity contribution in [2.24, 2.45) is 5.10 Å². The number of aryl methyl sites for hydroxylation is 1. The average molecular weight is 400 g/mol. The van der Waals surface area contributed by atoms with Gasteiger partial charge in [0.1, 0.15) is 0 Å².